The maximum Gasteiger partial charge on any atom is 0.248 e. The van der Waals surface area contributed by atoms with E-state index >= 15 is 0 Å². The van der Waals surface area contributed by atoms with E-state index in [1.165, 1.54) is 13.2 Å². The van der Waals surface area contributed by atoms with Gasteiger partial charge in [0.05, 0.1) is 19.1 Å². The van der Waals surface area contributed by atoms with Crippen molar-refractivity contribution in [3.63, 3.8) is 0 Å². The minimum atomic E-state index is -3.80. The molecule has 2 aromatic rings. The number of ether oxygens (including phenoxy) is 1. The summed E-state index contributed by atoms with van der Waals surface area (Å²) in [6.07, 6.45) is 1.32. The highest BCUT2D eigenvalue weighted by atomic mass is 35.5. The van der Waals surface area contributed by atoms with Gasteiger partial charge in [-0.1, -0.05) is 30.7 Å². The van der Waals surface area contributed by atoms with E-state index in [4.69, 9.17) is 16.3 Å². The lowest BCUT2D eigenvalue weighted by molar-refractivity contribution is -0.117. The largest absolute Gasteiger partial charge is 0.495 e. The number of carbonyl (C=O) groups excluding carboxylic acids is 1. The zero-order chi connectivity index (χ0) is 21.1. The Labute approximate surface area is 171 Å². The first kappa shape index (κ1) is 22.0. The van der Waals surface area contributed by atoms with E-state index in [1.54, 1.807) is 25.1 Å². The number of rotatable bonds is 7. The summed E-state index contributed by atoms with van der Waals surface area (Å²) in [4.78, 5) is 13.1. The third kappa shape index (κ3) is 4.77. The van der Waals surface area contributed by atoms with E-state index in [0.717, 1.165) is 21.7 Å². The summed E-state index contributed by atoms with van der Waals surface area (Å²) in [5.74, 6) is -0.114. The molecular formula is C20H25ClN2O4S. The van der Waals surface area contributed by atoms with Crippen LogP contribution in [0.25, 0.3) is 0 Å². The molecule has 0 aliphatic rings. The van der Waals surface area contributed by atoms with Crippen LogP contribution in [-0.4, -0.2) is 33.7 Å². The van der Waals surface area contributed by atoms with Crippen LogP contribution in [0.2, 0.25) is 5.02 Å². The molecule has 0 spiro atoms. The van der Waals surface area contributed by atoms with Crippen molar-refractivity contribution in [1.82, 2.24) is 0 Å². The molecule has 0 aliphatic heterocycles. The Bertz CT molecular complexity index is 976. The zero-order valence-corrected chi connectivity index (χ0v) is 18.2. The normalized spacial score (nSPS) is 12.4. The van der Waals surface area contributed by atoms with Crippen LogP contribution in [0.5, 0.6) is 5.75 Å². The van der Waals surface area contributed by atoms with Gasteiger partial charge in [-0.05, 0) is 55.7 Å². The maximum atomic E-state index is 13.1. The Hall–Kier alpha value is -2.25. The molecular weight excluding hydrogens is 400 g/mol. The van der Waals surface area contributed by atoms with Crippen molar-refractivity contribution in [3.8, 4) is 5.75 Å². The van der Waals surface area contributed by atoms with Crippen molar-refractivity contribution in [3.05, 3.63) is 52.5 Å². The highest BCUT2D eigenvalue weighted by Crippen LogP contribution is 2.35. The third-order valence-electron chi connectivity index (χ3n) is 4.57. The monoisotopic (exact) mass is 424 g/mol. The van der Waals surface area contributed by atoms with Gasteiger partial charge in [-0.15, -0.1) is 0 Å². The number of sulfonamides is 1. The van der Waals surface area contributed by atoms with Crippen molar-refractivity contribution >= 4 is 38.9 Å². The van der Waals surface area contributed by atoms with E-state index in [9.17, 15) is 13.2 Å². The van der Waals surface area contributed by atoms with Gasteiger partial charge in [-0.25, -0.2) is 8.42 Å². The molecule has 6 nitrogen and oxygen atoms in total. The number of hydrogen-bond acceptors (Lipinski definition) is 4. The van der Waals surface area contributed by atoms with Gasteiger partial charge in [0.2, 0.25) is 15.9 Å². The Balaban J connectivity index is 2.51. The van der Waals surface area contributed by atoms with Crippen molar-refractivity contribution < 1.29 is 17.9 Å². The summed E-state index contributed by atoms with van der Waals surface area (Å²) in [6.45, 7) is 5.60. The molecule has 0 heterocycles. The average Bonchev–Trinajstić information content (AvgIpc) is 2.62. The van der Waals surface area contributed by atoms with Crippen molar-refractivity contribution in [2.24, 2.45) is 0 Å². The number of nitrogens with one attached hydrogen (secondary N) is 1. The number of methoxy groups -OCH3 is 1. The number of halogens is 1. The van der Waals surface area contributed by atoms with Crippen molar-refractivity contribution in [1.29, 1.82) is 0 Å². The molecule has 0 aromatic heterocycles. The molecule has 0 saturated heterocycles. The van der Waals surface area contributed by atoms with Crippen LogP contribution in [0.15, 0.2) is 36.4 Å². The molecule has 152 valence electrons. The number of anilines is 2. The second kappa shape index (κ2) is 8.84. The van der Waals surface area contributed by atoms with Gasteiger partial charge in [0.15, 0.2) is 0 Å². The van der Waals surface area contributed by atoms with Crippen LogP contribution in [-0.2, 0) is 14.8 Å². The second-order valence-electron chi connectivity index (χ2n) is 6.54. The van der Waals surface area contributed by atoms with E-state index in [-0.39, 0.29) is 12.1 Å². The Kier molecular flexibility index (Phi) is 6.96. The molecule has 2 aromatic carbocycles. The minimum Gasteiger partial charge on any atom is -0.495 e. The van der Waals surface area contributed by atoms with Crippen LogP contribution in [0.3, 0.4) is 0 Å². The molecule has 0 aliphatic carbocycles. The lowest BCUT2D eigenvalue weighted by Crippen LogP contribution is -2.47. The SMILES string of the molecule is CC[C@@H](C(=O)Nc1cccc(C)c1C)N(c1cc(Cl)ccc1OC)S(C)(=O)=O. The molecule has 0 unspecified atom stereocenters. The number of carbonyl (C=O) groups is 1. The molecule has 0 saturated carbocycles. The van der Waals surface area contributed by atoms with Gasteiger partial charge in [0, 0.05) is 10.7 Å². The maximum absolute atomic E-state index is 13.1. The minimum absolute atomic E-state index is 0.223. The summed E-state index contributed by atoms with van der Waals surface area (Å²) in [6, 6.07) is 9.26. The molecule has 1 amide bonds. The van der Waals surface area contributed by atoms with E-state index in [2.05, 4.69) is 5.32 Å². The highest BCUT2D eigenvalue weighted by molar-refractivity contribution is 7.92. The molecule has 1 N–H and O–H groups in total. The number of hydrogen-bond donors (Lipinski definition) is 1. The molecule has 0 fully saturated rings. The summed E-state index contributed by atoms with van der Waals surface area (Å²) in [7, 11) is -2.37. The summed E-state index contributed by atoms with van der Waals surface area (Å²) in [5.41, 5.74) is 2.83. The molecule has 28 heavy (non-hydrogen) atoms. The molecule has 8 heteroatoms. The fourth-order valence-electron chi connectivity index (χ4n) is 2.97. The Morgan fingerprint density at radius 2 is 1.93 bits per heavy atom. The number of nitrogens with zero attached hydrogens (tertiary/aromatic N) is 1. The average molecular weight is 425 g/mol. The molecule has 2 rings (SSSR count). The van der Waals surface area contributed by atoms with Crippen LogP contribution >= 0.6 is 11.6 Å². The summed E-state index contributed by atoms with van der Waals surface area (Å²) >= 11 is 6.09. The van der Waals surface area contributed by atoms with Gasteiger partial charge in [0.25, 0.3) is 0 Å². The molecule has 0 radical (unpaired) electrons. The van der Waals surface area contributed by atoms with Gasteiger partial charge in [-0.3, -0.25) is 9.10 Å². The molecule has 1 atom stereocenters. The van der Waals surface area contributed by atoms with Crippen LogP contribution in [0.1, 0.15) is 24.5 Å². The topological polar surface area (TPSA) is 75.7 Å². The predicted octanol–water partition coefficient (Wildman–Crippen LogP) is 4.15. The smallest absolute Gasteiger partial charge is 0.248 e. The standard InChI is InChI=1S/C20H25ClN2O4S/c1-6-17(20(24)22-16-9-7-8-13(2)14(16)3)23(28(5,25)26)18-12-15(21)10-11-19(18)27-4/h7-12,17H,6H2,1-5H3,(H,22,24)/t17-/m0/s1. The first-order valence-corrected chi connectivity index (χ1v) is 11.0. The number of benzene rings is 2. The van der Waals surface area contributed by atoms with Crippen molar-refractivity contribution in [2.75, 3.05) is 23.0 Å². The van der Waals surface area contributed by atoms with E-state index in [0.29, 0.717) is 16.5 Å². The van der Waals surface area contributed by atoms with E-state index < -0.39 is 22.0 Å². The summed E-state index contributed by atoms with van der Waals surface area (Å²) in [5, 5.41) is 3.20. The highest BCUT2D eigenvalue weighted by Gasteiger charge is 2.33. The first-order chi connectivity index (χ1) is 13.1. The van der Waals surface area contributed by atoms with Gasteiger partial charge in [0.1, 0.15) is 11.8 Å². The fourth-order valence-corrected chi connectivity index (χ4v) is 4.35. The van der Waals surface area contributed by atoms with Crippen LogP contribution < -0.4 is 14.4 Å². The fraction of sp³-hybridized carbons (Fsp3) is 0.350. The van der Waals surface area contributed by atoms with E-state index in [1.807, 2.05) is 26.0 Å². The number of amides is 1. The van der Waals surface area contributed by atoms with Gasteiger partial charge >= 0.3 is 0 Å². The first-order valence-electron chi connectivity index (χ1n) is 8.80. The lowest BCUT2D eigenvalue weighted by atomic mass is 10.1. The molecule has 0 bridgehead atoms. The zero-order valence-electron chi connectivity index (χ0n) is 16.6. The number of aryl methyl sites for hydroxylation is 1. The second-order valence-corrected chi connectivity index (χ2v) is 8.83. The lowest BCUT2D eigenvalue weighted by Gasteiger charge is -2.31. The quantitative estimate of drug-likeness (QED) is 0.724. The van der Waals surface area contributed by atoms with Gasteiger partial charge < -0.3 is 10.1 Å². The van der Waals surface area contributed by atoms with Gasteiger partial charge in [-0.2, -0.15) is 0 Å². The Morgan fingerprint density at radius 1 is 1.25 bits per heavy atom. The van der Waals surface area contributed by atoms with Crippen LogP contribution in [0, 0.1) is 13.8 Å². The predicted molar refractivity (Wildman–Crippen MR) is 114 cm³/mol. The van der Waals surface area contributed by atoms with Crippen LogP contribution in [0.4, 0.5) is 11.4 Å². The third-order valence-corrected chi connectivity index (χ3v) is 5.97. The van der Waals surface area contributed by atoms with Crippen molar-refractivity contribution in [2.45, 2.75) is 33.2 Å². The summed E-state index contributed by atoms with van der Waals surface area (Å²) < 4.78 is 31.6. The Morgan fingerprint density at radius 3 is 2.50 bits per heavy atom.